The van der Waals surface area contributed by atoms with Crippen LogP contribution >= 0.6 is 0 Å². The molecule has 2 fully saturated rings. The van der Waals surface area contributed by atoms with Gasteiger partial charge in [0.1, 0.15) is 11.6 Å². The predicted molar refractivity (Wildman–Crippen MR) is 95.9 cm³/mol. The highest BCUT2D eigenvalue weighted by atomic mass is 16.5. The van der Waals surface area contributed by atoms with Crippen molar-refractivity contribution in [1.82, 2.24) is 10.3 Å². The minimum Gasteiger partial charge on any atom is -0.497 e. The molecule has 0 radical (unpaired) electrons. The van der Waals surface area contributed by atoms with Crippen LogP contribution in [0.5, 0.6) is 5.75 Å². The molecule has 2 N–H and O–H groups in total. The zero-order valence-electron chi connectivity index (χ0n) is 14.7. The Kier molecular flexibility index (Phi) is 4.00. The number of aryl methyl sites for hydroxylation is 1. The summed E-state index contributed by atoms with van der Waals surface area (Å²) in [5.41, 5.74) is 2.06. The van der Waals surface area contributed by atoms with Crippen LogP contribution in [0.4, 0.5) is 5.82 Å². The van der Waals surface area contributed by atoms with Crippen molar-refractivity contribution in [1.29, 1.82) is 0 Å². The van der Waals surface area contributed by atoms with Crippen LogP contribution in [0.1, 0.15) is 18.9 Å². The van der Waals surface area contributed by atoms with E-state index in [9.17, 15) is 4.79 Å². The Morgan fingerprint density at radius 2 is 2.16 bits per heavy atom. The molecule has 2 aromatic rings. The number of carbonyl (C=O) groups excluding carboxylic acids is 1. The third-order valence-electron chi connectivity index (χ3n) is 5.29. The molecule has 132 valence electrons. The van der Waals surface area contributed by atoms with Gasteiger partial charge in [-0.25, -0.2) is 4.98 Å². The first-order valence-electron chi connectivity index (χ1n) is 8.67. The summed E-state index contributed by atoms with van der Waals surface area (Å²) in [6.07, 6.45) is 1.13. The molecule has 4 atom stereocenters. The molecule has 1 saturated carbocycles. The Balaban J connectivity index is 1.62. The van der Waals surface area contributed by atoms with Crippen molar-refractivity contribution in [2.75, 3.05) is 19.0 Å². The van der Waals surface area contributed by atoms with Crippen LogP contribution in [0.2, 0.25) is 0 Å². The van der Waals surface area contributed by atoms with Crippen LogP contribution < -0.4 is 15.4 Å². The fraction of sp³-hybridized carbons (Fsp3) is 0.474. The Hall–Kier alpha value is -2.34. The lowest BCUT2D eigenvalue weighted by atomic mass is 9.71. The number of methoxy groups -OCH3 is 1. The molecule has 1 aromatic carbocycles. The van der Waals surface area contributed by atoms with E-state index < -0.39 is 0 Å². The lowest BCUT2D eigenvalue weighted by Crippen LogP contribution is -2.68. The van der Waals surface area contributed by atoms with E-state index in [0.29, 0.717) is 5.92 Å². The van der Waals surface area contributed by atoms with Gasteiger partial charge in [0.15, 0.2) is 0 Å². The molecule has 1 aliphatic heterocycles. The summed E-state index contributed by atoms with van der Waals surface area (Å²) in [5.74, 6) is 2.00. The molecule has 1 amide bonds. The number of nitrogens with zero attached hydrogens (tertiary/aromatic N) is 1. The van der Waals surface area contributed by atoms with E-state index in [1.807, 2.05) is 18.2 Å². The Morgan fingerprint density at radius 3 is 2.92 bits per heavy atom. The average molecular weight is 341 g/mol. The summed E-state index contributed by atoms with van der Waals surface area (Å²) < 4.78 is 11.1. The molecule has 1 aliphatic carbocycles. The molecule has 1 aromatic heterocycles. The van der Waals surface area contributed by atoms with E-state index in [1.165, 1.54) is 0 Å². The number of ether oxygens (including phenoxy) is 2. The van der Waals surface area contributed by atoms with Gasteiger partial charge in [0.05, 0.1) is 30.8 Å². The van der Waals surface area contributed by atoms with Gasteiger partial charge in [-0.15, -0.1) is 0 Å². The molecule has 4 rings (SSSR count). The average Bonchev–Trinajstić information content (AvgIpc) is 3.02. The Morgan fingerprint density at radius 1 is 1.32 bits per heavy atom. The summed E-state index contributed by atoms with van der Waals surface area (Å²) in [7, 11) is 1.66. The number of pyridine rings is 1. The van der Waals surface area contributed by atoms with Gasteiger partial charge in [0, 0.05) is 30.9 Å². The van der Waals surface area contributed by atoms with Gasteiger partial charge in [-0.1, -0.05) is 0 Å². The summed E-state index contributed by atoms with van der Waals surface area (Å²) >= 11 is 0. The summed E-state index contributed by atoms with van der Waals surface area (Å²) in [4.78, 5) is 16.3. The molecule has 0 bridgehead atoms. The van der Waals surface area contributed by atoms with Crippen LogP contribution in [0.3, 0.4) is 0 Å². The van der Waals surface area contributed by atoms with Gasteiger partial charge in [0.2, 0.25) is 5.91 Å². The first-order chi connectivity index (χ1) is 12.1. The Labute approximate surface area is 146 Å². The van der Waals surface area contributed by atoms with Gasteiger partial charge in [-0.05, 0) is 37.1 Å². The molecule has 6 heteroatoms. The number of fused-ring (bicyclic) bond motifs is 2. The highest BCUT2D eigenvalue weighted by Gasteiger charge is 2.54. The molecule has 2 heterocycles. The summed E-state index contributed by atoms with van der Waals surface area (Å²) in [6, 6.07) is 8.12. The fourth-order valence-electron chi connectivity index (χ4n) is 4.06. The second-order valence-electron chi connectivity index (χ2n) is 6.89. The van der Waals surface area contributed by atoms with Crippen LogP contribution in [0, 0.1) is 12.8 Å². The number of amides is 1. The normalized spacial score (nSPS) is 27.5. The van der Waals surface area contributed by atoms with E-state index >= 15 is 0 Å². The molecule has 1 saturated heterocycles. The summed E-state index contributed by atoms with van der Waals surface area (Å²) in [6.45, 7) is 4.38. The first kappa shape index (κ1) is 16.1. The van der Waals surface area contributed by atoms with Crippen LogP contribution in [-0.2, 0) is 9.53 Å². The van der Waals surface area contributed by atoms with Gasteiger partial charge >= 0.3 is 0 Å². The second kappa shape index (κ2) is 6.19. The van der Waals surface area contributed by atoms with Crippen molar-refractivity contribution >= 4 is 22.6 Å². The SMILES string of the molecule is COc1ccc2c(C)cc(N[C@H]3[C@H]4CCO[C@H]4[C@@H]3NC(C)=O)nc2c1. The lowest BCUT2D eigenvalue weighted by molar-refractivity contribution is -0.123. The number of aromatic nitrogens is 1. The van der Waals surface area contributed by atoms with Crippen molar-refractivity contribution < 1.29 is 14.3 Å². The van der Waals surface area contributed by atoms with Gasteiger partial charge in [0.25, 0.3) is 0 Å². The predicted octanol–water partition coefficient (Wildman–Crippen LogP) is 2.26. The van der Waals surface area contributed by atoms with Crippen LogP contribution in [0.25, 0.3) is 10.9 Å². The van der Waals surface area contributed by atoms with Gasteiger partial charge in [-0.2, -0.15) is 0 Å². The van der Waals surface area contributed by atoms with Crippen molar-refractivity contribution in [2.45, 2.75) is 38.5 Å². The highest BCUT2D eigenvalue weighted by Crippen LogP contribution is 2.40. The highest BCUT2D eigenvalue weighted by molar-refractivity contribution is 5.85. The van der Waals surface area contributed by atoms with Crippen LogP contribution in [-0.4, -0.2) is 42.8 Å². The Bertz CT molecular complexity index is 823. The molecule has 25 heavy (non-hydrogen) atoms. The zero-order valence-corrected chi connectivity index (χ0v) is 14.7. The maximum absolute atomic E-state index is 11.5. The van der Waals surface area contributed by atoms with Crippen molar-refractivity contribution in [2.24, 2.45) is 5.92 Å². The second-order valence-corrected chi connectivity index (χ2v) is 6.89. The number of hydrogen-bond acceptors (Lipinski definition) is 5. The van der Waals surface area contributed by atoms with E-state index in [2.05, 4.69) is 23.6 Å². The van der Waals surface area contributed by atoms with Gasteiger partial charge in [-0.3, -0.25) is 4.79 Å². The van der Waals surface area contributed by atoms with E-state index in [-0.39, 0.29) is 24.1 Å². The summed E-state index contributed by atoms with van der Waals surface area (Å²) in [5, 5.41) is 7.66. The molecular weight excluding hydrogens is 318 g/mol. The minimum absolute atomic E-state index is 0.00638. The maximum Gasteiger partial charge on any atom is 0.217 e. The standard InChI is InChI=1S/C19H23N3O3/c1-10-8-16(21-15-9-12(24-3)4-5-13(10)15)22-17-14-6-7-25-19(14)18(17)20-11(2)23/h4-5,8-9,14,17-19H,6-7H2,1-3H3,(H,20,23)(H,21,22)/t14-,17+,18-,19-/m1/s1. The largest absolute Gasteiger partial charge is 0.497 e. The lowest BCUT2D eigenvalue weighted by Gasteiger charge is -2.48. The molecule has 0 unspecified atom stereocenters. The van der Waals surface area contributed by atoms with Gasteiger partial charge < -0.3 is 20.1 Å². The number of nitrogens with one attached hydrogen (secondary N) is 2. The monoisotopic (exact) mass is 341 g/mol. The minimum atomic E-state index is -0.0295. The molecule has 0 spiro atoms. The van der Waals surface area contributed by atoms with E-state index in [0.717, 1.165) is 41.1 Å². The third-order valence-corrected chi connectivity index (χ3v) is 5.29. The van der Waals surface area contributed by atoms with Crippen LogP contribution in [0.15, 0.2) is 24.3 Å². The first-order valence-corrected chi connectivity index (χ1v) is 8.67. The number of carbonyl (C=O) groups is 1. The maximum atomic E-state index is 11.5. The van der Waals surface area contributed by atoms with E-state index in [1.54, 1.807) is 14.0 Å². The number of hydrogen-bond donors (Lipinski definition) is 2. The number of rotatable bonds is 4. The topological polar surface area (TPSA) is 72.5 Å². The van der Waals surface area contributed by atoms with Crippen molar-refractivity contribution in [3.8, 4) is 5.75 Å². The quantitative estimate of drug-likeness (QED) is 0.892. The van der Waals surface area contributed by atoms with Crippen molar-refractivity contribution in [3.63, 3.8) is 0 Å². The van der Waals surface area contributed by atoms with Crippen molar-refractivity contribution in [3.05, 3.63) is 29.8 Å². The third kappa shape index (κ3) is 2.80. The number of benzene rings is 1. The number of anilines is 1. The van der Waals surface area contributed by atoms with E-state index in [4.69, 9.17) is 14.5 Å². The molecule has 6 nitrogen and oxygen atoms in total. The zero-order chi connectivity index (χ0) is 17.6. The molecular formula is C19H23N3O3. The fourth-order valence-corrected chi connectivity index (χ4v) is 4.06. The molecule has 2 aliphatic rings. The smallest absolute Gasteiger partial charge is 0.217 e.